The summed E-state index contributed by atoms with van der Waals surface area (Å²) in [7, 11) is -1.57. The van der Waals surface area contributed by atoms with E-state index < -0.39 is 10.0 Å². The van der Waals surface area contributed by atoms with Crippen LogP contribution in [0.2, 0.25) is 0 Å². The molecule has 1 N–H and O–H groups in total. The molecule has 0 bridgehead atoms. The Morgan fingerprint density at radius 3 is 2.43 bits per heavy atom. The molecule has 0 radical (unpaired) electrons. The van der Waals surface area contributed by atoms with Crippen LogP contribution in [0.3, 0.4) is 0 Å². The Labute approximate surface area is 167 Å². The second kappa shape index (κ2) is 9.21. The molecule has 1 aliphatic rings. The van der Waals surface area contributed by atoms with Crippen molar-refractivity contribution in [1.82, 2.24) is 9.62 Å². The number of piperidine rings is 1. The molecule has 6 nitrogen and oxygen atoms in total. The van der Waals surface area contributed by atoms with Crippen LogP contribution >= 0.6 is 0 Å². The highest BCUT2D eigenvalue weighted by Gasteiger charge is 2.33. The second-order valence-electron chi connectivity index (χ2n) is 7.06. The predicted octanol–water partition coefficient (Wildman–Crippen LogP) is 2.34. The summed E-state index contributed by atoms with van der Waals surface area (Å²) >= 11 is 0. The Morgan fingerprint density at radius 2 is 1.75 bits per heavy atom. The normalized spacial score (nSPS) is 17.8. The van der Waals surface area contributed by atoms with E-state index >= 15 is 0 Å². The van der Waals surface area contributed by atoms with Crippen LogP contribution < -0.4 is 10.2 Å². The van der Waals surface area contributed by atoms with Crippen molar-refractivity contribution in [2.24, 2.45) is 5.92 Å². The summed E-state index contributed by atoms with van der Waals surface area (Å²) in [4.78, 5) is 14.9. The number of likely N-dealkylation sites (N-methyl/N-ethyl adjacent to an activating group) is 1. The average molecular weight is 402 g/mol. The number of hydrogen-bond acceptors (Lipinski definition) is 4. The average Bonchev–Trinajstić information content (AvgIpc) is 2.75. The van der Waals surface area contributed by atoms with Gasteiger partial charge in [-0.15, -0.1) is 0 Å². The van der Waals surface area contributed by atoms with E-state index in [4.69, 9.17) is 0 Å². The molecule has 150 valence electrons. The maximum Gasteiger partial charge on any atom is 0.243 e. The number of hydrogen-bond donors (Lipinski definition) is 1. The van der Waals surface area contributed by atoms with Crippen LogP contribution in [0, 0.1) is 5.92 Å². The molecule has 0 aromatic heterocycles. The first-order valence-electron chi connectivity index (χ1n) is 9.57. The molecule has 1 fully saturated rings. The van der Waals surface area contributed by atoms with Gasteiger partial charge in [-0.3, -0.25) is 4.79 Å². The summed E-state index contributed by atoms with van der Waals surface area (Å²) < 4.78 is 27.0. The van der Waals surface area contributed by atoms with Gasteiger partial charge in [-0.05, 0) is 37.1 Å². The molecule has 1 saturated heterocycles. The zero-order valence-corrected chi connectivity index (χ0v) is 16.9. The van der Waals surface area contributed by atoms with E-state index in [-0.39, 0.29) is 23.3 Å². The van der Waals surface area contributed by atoms with Crippen LogP contribution in [0.4, 0.5) is 5.69 Å². The Morgan fingerprint density at radius 1 is 1.11 bits per heavy atom. The highest BCUT2D eigenvalue weighted by molar-refractivity contribution is 7.89. The van der Waals surface area contributed by atoms with Crippen LogP contribution in [0.15, 0.2) is 65.6 Å². The lowest BCUT2D eigenvalue weighted by atomic mass is 9.99. The molecule has 1 aliphatic heterocycles. The number of sulfonamides is 1. The van der Waals surface area contributed by atoms with Crippen molar-refractivity contribution in [2.45, 2.75) is 17.7 Å². The third kappa shape index (κ3) is 4.91. The van der Waals surface area contributed by atoms with Gasteiger partial charge in [0.15, 0.2) is 0 Å². The number of carbonyl (C=O) groups excluding carboxylic acids is 1. The standard InChI is InChI=1S/C21H27N3O3S/c1-23(19-10-4-2-5-11-19)16-14-22-21(25)18-9-8-15-24(17-18)28(26,27)20-12-6-3-7-13-20/h2-7,10-13,18H,8-9,14-17H2,1H3,(H,22,25)/t18-/m0/s1. The number of rotatable bonds is 7. The van der Waals surface area contributed by atoms with E-state index in [1.807, 2.05) is 37.4 Å². The zero-order valence-electron chi connectivity index (χ0n) is 16.1. The van der Waals surface area contributed by atoms with Gasteiger partial charge in [0.05, 0.1) is 10.8 Å². The van der Waals surface area contributed by atoms with E-state index in [1.54, 1.807) is 30.3 Å². The molecule has 1 amide bonds. The van der Waals surface area contributed by atoms with E-state index in [0.29, 0.717) is 32.5 Å². The molecule has 28 heavy (non-hydrogen) atoms. The molecule has 0 aliphatic carbocycles. The largest absolute Gasteiger partial charge is 0.373 e. The quantitative estimate of drug-likeness (QED) is 0.773. The van der Waals surface area contributed by atoms with Gasteiger partial charge in [0, 0.05) is 38.9 Å². The van der Waals surface area contributed by atoms with E-state index in [2.05, 4.69) is 10.2 Å². The van der Waals surface area contributed by atoms with Gasteiger partial charge in [-0.2, -0.15) is 4.31 Å². The molecule has 1 heterocycles. The number of amides is 1. The number of para-hydroxylation sites is 1. The number of nitrogens with one attached hydrogen (secondary N) is 1. The number of carbonyl (C=O) groups is 1. The lowest BCUT2D eigenvalue weighted by Gasteiger charge is -2.31. The van der Waals surface area contributed by atoms with Gasteiger partial charge in [0.2, 0.25) is 15.9 Å². The maximum atomic E-state index is 12.8. The first-order chi connectivity index (χ1) is 13.5. The Balaban J connectivity index is 1.53. The predicted molar refractivity (Wildman–Crippen MR) is 111 cm³/mol. The van der Waals surface area contributed by atoms with E-state index in [9.17, 15) is 13.2 Å². The van der Waals surface area contributed by atoms with Gasteiger partial charge >= 0.3 is 0 Å². The van der Waals surface area contributed by atoms with Gasteiger partial charge in [-0.25, -0.2) is 8.42 Å². The van der Waals surface area contributed by atoms with Crippen LogP contribution in [-0.4, -0.2) is 51.9 Å². The van der Waals surface area contributed by atoms with Crippen molar-refractivity contribution in [3.05, 3.63) is 60.7 Å². The second-order valence-corrected chi connectivity index (χ2v) is 9.00. The first-order valence-corrected chi connectivity index (χ1v) is 11.0. The molecule has 2 aromatic carbocycles. The van der Waals surface area contributed by atoms with Gasteiger partial charge in [0.1, 0.15) is 0 Å². The van der Waals surface area contributed by atoms with Crippen molar-refractivity contribution in [1.29, 1.82) is 0 Å². The third-order valence-corrected chi connectivity index (χ3v) is 6.96. The third-order valence-electron chi connectivity index (χ3n) is 5.08. The molecular weight excluding hydrogens is 374 g/mol. The summed E-state index contributed by atoms with van der Waals surface area (Å²) in [6, 6.07) is 18.4. The fraction of sp³-hybridized carbons (Fsp3) is 0.381. The Hall–Kier alpha value is -2.38. The smallest absolute Gasteiger partial charge is 0.243 e. The number of benzene rings is 2. The fourth-order valence-corrected chi connectivity index (χ4v) is 4.96. The van der Waals surface area contributed by atoms with Crippen molar-refractivity contribution in [3.63, 3.8) is 0 Å². The van der Waals surface area contributed by atoms with Gasteiger partial charge in [-0.1, -0.05) is 36.4 Å². The maximum absolute atomic E-state index is 12.8. The van der Waals surface area contributed by atoms with E-state index in [1.165, 1.54) is 4.31 Å². The topological polar surface area (TPSA) is 69.7 Å². The minimum atomic E-state index is -3.55. The lowest BCUT2D eigenvalue weighted by molar-refractivity contribution is -0.126. The molecule has 0 saturated carbocycles. The van der Waals surface area contributed by atoms with E-state index in [0.717, 1.165) is 5.69 Å². The van der Waals surface area contributed by atoms with Crippen LogP contribution in [0.25, 0.3) is 0 Å². The Kier molecular flexibility index (Phi) is 6.70. The molecular formula is C21H27N3O3S. The van der Waals surface area contributed by atoms with Crippen molar-refractivity contribution < 1.29 is 13.2 Å². The Bertz CT molecular complexity index is 872. The molecule has 2 aromatic rings. The monoisotopic (exact) mass is 401 g/mol. The summed E-state index contributed by atoms with van der Waals surface area (Å²) in [5, 5.41) is 2.96. The minimum absolute atomic E-state index is 0.0746. The fourth-order valence-electron chi connectivity index (χ4n) is 3.42. The van der Waals surface area contributed by atoms with Gasteiger partial charge in [0.25, 0.3) is 0 Å². The van der Waals surface area contributed by atoms with Crippen molar-refractivity contribution in [2.75, 3.05) is 38.1 Å². The van der Waals surface area contributed by atoms with Crippen molar-refractivity contribution in [3.8, 4) is 0 Å². The first kappa shape index (κ1) is 20.4. The SMILES string of the molecule is CN(CCNC(=O)[C@H]1CCCN(S(=O)(=O)c2ccccc2)C1)c1ccccc1. The summed E-state index contributed by atoms with van der Waals surface area (Å²) in [5.41, 5.74) is 1.09. The number of anilines is 1. The van der Waals surface area contributed by atoms with Crippen LogP contribution in [0.5, 0.6) is 0 Å². The summed E-state index contributed by atoms with van der Waals surface area (Å²) in [5.74, 6) is -0.385. The van der Waals surface area contributed by atoms with Crippen LogP contribution in [-0.2, 0) is 14.8 Å². The lowest BCUT2D eigenvalue weighted by Crippen LogP contribution is -2.46. The molecule has 1 atom stereocenters. The number of nitrogens with zero attached hydrogens (tertiary/aromatic N) is 2. The highest BCUT2D eigenvalue weighted by atomic mass is 32.2. The summed E-state index contributed by atoms with van der Waals surface area (Å²) in [6.45, 7) is 1.90. The molecule has 3 rings (SSSR count). The highest BCUT2D eigenvalue weighted by Crippen LogP contribution is 2.23. The minimum Gasteiger partial charge on any atom is -0.373 e. The van der Waals surface area contributed by atoms with Crippen LogP contribution in [0.1, 0.15) is 12.8 Å². The summed E-state index contributed by atoms with van der Waals surface area (Å²) in [6.07, 6.45) is 1.40. The molecule has 7 heteroatoms. The molecule has 0 spiro atoms. The zero-order chi connectivity index (χ0) is 20.0. The molecule has 0 unspecified atom stereocenters. The van der Waals surface area contributed by atoms with Crippen molar-refractivity contribution >= 4 is 21.6 Å². The van der Waals surface area contributed by atoms with Gasteiger partial charge < -0.3 is 10.2 Å².